The Bertz CT molecular complexity index is 403. The largest absolute Gasteiger partial charge is 0.495 e. The fourth-order valence-electron chi connectivity index (χ4n) is 2.54. The van der Waals surface area contributed by atoms with Gasteiger partial charge in [-0.15, -0.1) is 0 Å². The Morgan fingerprint density at radius 3 is 2.65 bits per heavy atom. The van der Waals surface area contributed by atoms with E-state index in [1.165, 1.54) is 12.8 Å². The summed E-state index contributed by atoms with van der Waals surface area (Å²) in [6.07, 6.45) is 4.07. The minimum Gasteiger partial charge on any atom is -0.495 e. The van der Waals surface area contributed by atoms with E-state index in [2.05, 4.69) is 15.9 Å². The fraction of sp³-hybridized carbons (Fsp3) is 0.538. The number of halogens is 2. The van der Waals surface area contributed by atoms with E-state index in [-0.39, 0.29) is 0 Å². The maximum atomic E-state index is 10.4. The van der Waals surface area contributed by atoms with Gasteiger partial charge in [-0.1, -0.05) is 24.4 Å². The third-order valence-electron chi connectivity index (χ3n) is 3.41. The second kappa shape index (κ2) is 5.59. The van der Waals surface area contributed by atoms with Gasteiger partial charge in [0.05, 0.1) is 17.7 Å². The van der Waals surface area contributed by atoms with Crippen LogP contribution in [0.4, 0.5) is 0 Å². The van der Waals surface area contributed by atoms with Crippen LogP contribution < -0.4 is 4.74 Å². The van der Waals surface area contributed by atoms with Crippen molar-refractivity contribution in [1.29, 1.82) is 0 Å². The molecule has 0 aromatic heterocycles. The molecule has 1 aromatic rings. The third-order valence-corrected chi connectivity index (χ3v) is 4.21. The van der Waals surface area contributed by atoms with Gasteiger partial charge >= 0.3 is 0 Å². The molecule has 0 saturated heterocycles. The molecule has 0 spiro atoms. The predicted molar refractivity (Wildman–Crippen MR) is 72.6 cm³/mol. The van der Waals surface area contributed by atoms with Gasteiger partial charge in [0.1, 0.15) is 5.75 Å². The zero-order valence-corrected chi connectivity index (χ0v) is 12.1. The number of aliphatic hydroxyl groups excluding tert-OH is 1. The summed E-state index contributed by atoms with van der Waals surface area (Å²) in [5, 5.41) is 11.0. The van der Waals surface area contributed by atoms with Crippen LogP contribution in [0.1, 0.15) is 37.4 Å². The normalized spacial score (nSPS) is 18.4. The summed E-state index contributed by atoms with van der Waals surface area (Å²) in [7, 11) is 1.61. The summed E-state index contributed by atoms with van der Waals surface area (Å²) in [5.41, 5.74) is 0.791. The van der Waals surface area contributed by atoms with Crippen LogP contribution >= 0.6 is 27.5 Å². The van der Waals surface area contributed by atoms with E-state index in [1.54, 1.807) is 19.2 Å². The molecule has 1 aliphatic rings. The zero-order chi connectivity index (χ0) is 12.4. The number of methoxy groups -OCH3 is 1. The highest BCUT2D eigenvalue weighted by Crippen LogP contribution is 2.42. The van der Waals surface area contributed by atoms with Crippen molar-refractivity contribution in [3.63, 3.8) is 0 Å². The lowest BCUT2D eigenvalue weighted by Crippen LogP contribution is -2.10. The molecule has 1 atom stereocenters. The van der Waals surface area contributed by atoms with E-state index in [4.69, 9.17) is 16.3 Å². The van der Waals surface area contributed by atoms with Gasteiger partial charge in [-0.2, -0.15) is 0 Å². The molecule has 0 aliphatic heterocycles. The zero-order valence-electron chi connectivity index (χ0n) is 9.75. The molecule has 1 N–H and O–H groups in total. The van der Waals surface area contributed by atoms with Crippen molar-refractivity contribution in [3.8, 4) is 5.75 Å². The molecule has 1 fully saturated rings. The Hall–Kier alpha value is -0.250. The maximum Gasteiger partial charge on any atom is 0.138 e. The number of rotatable bonds is 3. The first-order chi connectivity index (χ1) is 8.13. The second-order valence-corrected chi connectivity index (χ2v) is 5.79. The SMILES string of the molecule is COc1c(Br)cc(Cl)cc1C(O)C1CCCC1. The molecule has 0 bridgehead atoms. The quantitative estimate of drug-likeness (QED) is 0.898. The van der Waals surface area contributed by atoms with Crippen LogP contribution in [0.25, 0.3) is 0 Å². The summed E-state index contributed by atoms with van der Waals surface area (Å²) in [4.78, 5) is 0. The number of ether oxygens (including phenoxy) is 1. The van der Waals surface area contributed by atoms with Crippen LogP contribution in [0, 0.1) is 5.92 Å². The van der Waals surface area contributed by atoms with Gasteiger partial charge in [0, 0.05) is 10.6 Å². The van der Waals surface area contributed by atoms with Crippen molar-refractivity contribution in [2.45, 2.75) is 31.8 Å². The summed E-state index contributed by atoms with van der Waals surface area (Å²) in [6.45, 7) is 0. The molecular formula is C13H16BrClO2. The summed E-state index contributed by atoms with van der Waals surface area (Å²) >= 11 is 9.45. The molecule has 1 unspecified atom stereocenters. The fourth-order valence-corrected chi connectivity index (χ4v) is 3.54. The van der Waals surface area contributed by atoms with Crippen molar-refractivity contribution in [2.75, 3.05) is 7.11 Å². The molecule has 94 valence electrons. The van der Waals surface area contributed by atoms with Crippen LogP contribution in [-0.2, 0) is 0 Å². The van der Waals surface area contributed by atoms with E-state index in [0.717, 1.165) is 22.9 Å². The van der Waals surface area contributed by atoms with Gasteiger partial charge < -0.3 is 9.84 Å². The second-order valence-electron chi connectivity index (χ2n) is 4.50. The first-order valence-corrected chi connectivity index (χ1v) is 7.01. The van der Waals surface area contributed by atoms with Crippen LogP contribution in [0.5, 0.6) is 5.75 Å². The van der Waals surface area contributed by atoms with Gasteiger partial charge in [0.25, 0.3) is 0 Å². The number of aliphatic hydroxyl groups is 1. The number of benzene rings is 1. The van der Waals surface area contributed by atoms with Crippen LogP contribution in [0.2, 0.25) is 5.02 Å². The molecule has 0 amide bonds. The average Bonchev–Trinajstić information content (AvgIpc) is 2.80. The first-order valence-electron chi connectivity index (χ1n) is 5.84. The smallest absolute Gasteiger partial charge is 0.138 e. The summed E-state index contributed by atoms with van der Waals surface area (Å²) in [5.74, 6) is 1.02. The Morgan fingerprint density at radius 2 is 2.06 bits per heavy atom. The predicted octanol–water partition coefficient (Wildman–Crippen LogP) is 4.33. The first kappa shape index (κ1) is 13.2. The van der Waals surface area contributed by atoms with E-state index in [9.17, 15) is 5.11 Å². The molecule has 2 rings (SSSR count). The Morgan fingerprint density at radius 1 is 1.41 bits per heavy atom. The van der Waals surface area contributed by atoms with Crippen molar-refractivity contribution < 1.29 is 9.84 Å². The van der Waals surface area contributed by atoms with E-state index in [1.807, 2.05) is 0 Å². The van der Waals surface area contributed by atoms with Crippen molar-refractivity contribution in [2.24, 2.45) is 5.92 Å². The van der Waals surface area contributed by atoms with Crippen molar-refractivity contribution in [1.82, 2.24) is 0 Å². The molecule has 0 heterocycles. The molecule has 0 radical (unpaired) electrons. The minimum atomic E-state index is -0.484. The highest BCUT2D eigenvalue weighted by Gasteiger charge is 2.27. The average molecular weight is 320 g/mol. The number of hydrogen-bond donors (Lipinski definition) is 1. The third kappa shape index (κ3) is 2.78. The van der Waals surface area contributed by atoms with Crippen LogP contribution in [-0.4, -0.2) is 12.2 Å². The maximum absolute atomic E-state index is 10.4. The standard InChI is InChI=1S/C13H16BrClO2/c1-17-13-10(6-9(15)7-11(13)14)12(16)8-4-2-3-5-8/h6-8,12,16H,2-5H2,1H3. The topological polar surface area (TPSA) is 29.5 Å². The Labute approximate surface area is 115 Å². The van der Waals surface area contributed by atoms with E-state index in [0.29, 0.717) is 16.7 Å². The Kier molecular flexibility index (Phi) is 4.34. The minimum absolute atomic E-state index is 0.328. The lowest BCUT2D eigenvalue weighted by Gasteiger charge is -2.21. The van der Waals surface area contributed by atoms with E-state index >= 15 is 0 Å². The van der Waals surface area contributed by atoms with Crippen LogP contribution in [0.15, 0.2) is 16.6 Å². The van der Waals surface area contributed by atoms with Crippen LogP contribution in [0.3, 0.4) is 0 Å². The molecule has 17 heavy (non-hydrogen) atoms. The highest BCUT2D eigenvalue weighted by atomic mass is 79.9. The van der Waals surface area contributed by atoms with Gasteiger partial charge in [-0.3, -0.25) is 0 Å². The molecule has 1 saturated carbocycles. The van der Waals surface area contributed by atoms with Gasteiger partial charge in [-0.25, -0.2) is 0 Å². The van der Waals surface area contributed by atoms with Gasteiger partial charge in [-0.05, 0) is 46.8 Å². The molecule has 4 heteroatoms. The molecule has 1 aliphatic carbocycles. The summed E-state index contributed by atoms with van der Waals surface area (Å²) in [6, 6.07) is 3.58. The lowest BCUT2D eigenvalue weighted by molar-refractivity contribution is 0.108. The lowest BCUT2D eigenvalue weighted by atomic mass is 9.94. The number of hydrogen-bond acceptors (Lipinski definition) is 2. The van der Waals surface area contributed by atoms with Gasteiger partial charge in [0.2, 0.25) is 0 Å². The highest BCUT2D eigenvalue weighted by molar-refractivity contribution is 9.10. The summed E-state index contributed by atoms with van der Waals surface area (Å²) < 4.78 is 6.14. The Balaban J connectivity index is 2.35. The van der Waals surface area contributed by atoms with Crippen molar-refractivity contribution >= 4 is 27.5 Å². The van der Waals surface area contributed by atoms with Crippen molar-refractivity contribution in [3.05, 3.63) is 27.2 Å². The molecule has 1 aromatic carbocycles. The van der Waals surface area contributed by atoms with Gasteiger partial charge in [0.15, 0.2) is 0 Å². The molecule has 2 nitrogen and oxygen atoms in total. The monoisotopic (exact) mass is 318 g/mol. The molecular weight excluding hydrogens is 303 g/mol. The van der Waals surface area contributed by atoms with E-state index < -0.39 is 6.10 Å².